The summed E-state index contributed by atoms with van der Waals surface area (Å²) in [6.07, 6.45) is 0. The molecule has 1 aromatic carbocycles. The predicted molar refractivity (Wildman–Crippen MR) is 94.8 cm³/mol. The van der Waals surface area contributed by atoms with Crippen molar-refractivity contribution in [3.63, 3.8) is 0 Å². The van der Waals surface area contributed by atoms with Crippen LogP contribution in [0.3, 0.4) is 0 Å². The fourth-order valence-electron chi connectivity index (χ4n) is 2.04. The molecule has 1 N–H and O–H groups in total. The van der Waals surface area contributed by atoms with Gasteiger partial charge in [-0.3, -0.25) is 14.8 Å². The molecule has 0 spiro atoms. The molecule has 0 aliphatic carbocycles. The Kier molecular flexibility index (Phi) is 5.25. The van der Waals surface area contributed by atoms with Crippen molar-refractivity contribution in [2.45, 2.75) is 5.16 Å². The molecular formula is C16H13N5OS2. The lowest BCUT2D eigenvalue weighted by Gasteiger charge is -2.19. The monoisotopic (exact) mass is 355 g/mol. The van der Waals surface area contributed by atoms with E-state index in [9.17, 15) is 4.79 Å². The van der Waals surface area contributed by atoms with Gasteiger partial charge in [-0.05, 0) is 23.6 Å². The zero-order valence-electron chi connectivity index (χ0n) is 12.5. The Morgan fingerprint density at radius 3 is 2.83 bits per heavy atom. The summed E-state index contributed by atoms with van der Waals surface area (Å²) in [7, 11) is 0. The average Bonchev–Trinajstić information content (AvgIpc) is 3.29. The Balaban J connectivity index is 1.65. The van der Waals surface area contributed by atoms with Crippen LogP contribution in [-0.2, 0) is 4.79 Å². The largest absolute Gasteiger partial charge is 0.298 e. The number of nitriles is 1. The maximum Gasteiger partial charge on any atom is 0.238 e. The Labute approximate surface area is 147 Å². The molecule has 3 rings (SSSR count). The zero-order chi connectivity index (χ0) is 16.8. The molecule has 8 heteroatoms. The first-order chi connectivity index (χ1) is 11.8. The molecule has 0 bridgehead atoms. The van der Waals surface area contributed by atoms with E-state index in [0.29, 0.717) is 16.7 Å². The molecule has 3 aromatic rings. The average molecular weight is 355 g/mol. The van der Waals surface area contributed by atoms with Gasteiger partial charge >= 0.3 is 0 Å². The van der Waals surface area contributed by atoms with Crippen molar-refractivity contribution in [1.29, 1.82) is 5.26 Å². The van der Waals surface area contributed by atoms with Crippen LogP contribution < -0.4 is 4.90 Å². The van der Waals surface area contributed by atoms with Gasteiger partial charge in [0.2, 0.25) is 11.1 Å². The second kappa shape index (κ2) is 7.77. The van der Waals surface area contributed by atoms with Gasteiger partial charge in [-0.1, -0.05) is 36.0 Å². The number of H-pyrrole nitrogens is 1. The lowest BCUT2D eigenvalue weighted by molar-refractivity contribution is -0.116. The molecule has 0 fully saturated rings. The van der Waals surface area contributed by atoms with Crippen LogP contribution in [0.1, 0.15) is 0 Å². The summed E-state index contributed by atoms with van der Waals surface area (Å²) in [5.74, 6) is 0.699. The number of para-hydroxylation sites is 1. The van der Waals surface area contributed by atoms with Gasteiger partial charge in [0, 0.05) is 5.69 Å². The second-order valence-corrected chi connectivity index (χ2v) is 6.60. The number of anilines is 1. The normalized spacial score (nSPS) is 10.3. The van der Waals surface area contributed by atoms with E-state index in [2.05, 4.69) is 15.2 Å². The van der Waals surface area contributed by atoms with Gasteiger partial charge in [0.15, 0.2) is 5.82 Å². The first-order valence-corrected chi connectivity index (χ1v) is 8.96. The second-order valence-electron chi connectivity index (χ2n) is 4.71. The minimum Gasteiger partial charge on any atom is -0.298 e. The Bertz CT molecular complexity index is 839. The number of nitrogens with one attached hydrogen (secondary N) is 1. The van der Waals surface area contributed by atoms with Crippen molar-refractivity contribution < 1.29 is 4.79 Å². The highest BCUT2D eigenvalue weighted by Gasteiger charge is 2.17. The molecular weight excluding hydrogens is 342 g/mol. The van der Waals surface area contributed by atoms with Gasteiger partial charge in [-0.25, -0.2) is 4.98 Å². The van der Waals surface area contributed by atoms with Crippen molar-refractivity contribution in [3.8, 4) is 16.8 Å². The van der Waals surface area contributed by atoms with Gasteiger partial charge in [-0.15, -0.1) is 16.4 Å². The molecule has 0 saturated carbocycles. The van der Waals surface area contributed by atoms with Crippen LogP contribution in [0.4, 0.5) is 5.69 Å². The molecule has 2 heterocycles. The minimum atomic E-state index is -0.157. The molecule has 0 unspecified atom stereocenters. The van der Waals surface area contributed by atoms with Crippen LogP contribution in [0.25, 0.3) is 10.7 Å². The van der Waals surface area contributed by atoms with E-state index in [-0.39, 0.29) is 18.2 Å². The van der Waals surface area contributed by atoms with Crippen molar-refractivity contribution in [3.05, 3.63) is 47.8 Å². The smallest absolute Gasteiger partial charge is 0.238 e. The molecule has 0 aliphatic rings. The molecule has 1 amide bonds. The van der Waals surface area contributed by atoms with E-state index in [4.69, 9.17) is 5.26 Å². The third-order valence-corrected chi connectivity index (χ3v) is 4.85. The Hall–Kier alpha value is -2.63. The quantitative estimate of drug-likeness (QED) is 0.542. The number of thioether (sulfide) groups is 1. The SMILES string of the molecule is N#CCN(C(=O)CSc1n[nH]c(-c2cccs2)n1)c1ccccc1. The lowest BCUT2D eigenvalue weighted by Crippen LogP contribution is -2.32. The number of aromatic amines is 1. The van der Waals surface area contributed by atoms with E-state index in [1.165, 1.54) is 16.7 Å². The number of thiophene rings is 1. The van der Waals surface area contributed by atoms with Gasteiger partial charge in [0.25, 0.3) is 0 Å². The highest BCUT2D eigenvalue weighted by molar-refractivity contribution is 7.99. The number of rotatable bonds is 6. The predicted octanol–water partition coefficient (Wildman–Crippen LogP) is 3.18. The van der Waals surface area contributed by atoms with Crippen molar-refractivity contribution >= 4 is 34.7 Å². The Morgan fingerprint density at radius 1 is 1.29 bits per heavy atom. The molecule has 0 aliphatic heterocycles. The van der Waals surface area contributed by atoms with Crippen molar-refractivity contribution in [2.75, 3.05) is 17.2 Å². The number of nitrogens with zero attached hydrogens (tertiary/aromatic N) is 4. The van der Waals surface area contributed by atoms with Crippen LogP contribution in [0, 0.1) is 11.3 Å². The Morgan fingerprint density at radius 2 is 2.12 bits per heavy atom. The summed E-state index contributed by atoms with van der Waals surface area (Å²) in [6.45, 7) is 0.0118. The number of hydrogen-bond donors (Lipinski definition) is 1. The number of amides is 1. The van der Waals surface area contributed by atoms with E-state index in [1.807, 2.05) is 53.9 Å². The highest BCUT2D eigenvalue weighted by Crippen LogP contribution is 2.23. The summed E-state index contributed by atoms with van der Waals surface area (Å²) in [4.78, 5) is 19.3. The highest BCUT2D eigenvalue weighted by atomic mass is 32.2. The van der Waals surface area contributed by atoms with Crippen molar-refractivity contribution in [2.24, 2.45) is 0 Å². The van der Waals surface area contributed by atoms with Gasteiger partial charge in [0.1, 0.15) is 6.54 Å². The number of carbonyl (C=O) groups excluding carboxylic acids is 1. The van der Waals surface area contributed by atoms with Crippen molar-refractivity contribution in [1.82, 2.24) is 15.2 Å². The standard InChI is InChI=1S/C16H13N5OS2/c17-8-9-21(12-5-2-1-3-6-12)14(22)11-24-16-18-15(19-20-16)13-7-4-10-23-13/h1-7,10H,9,11H2,(H,18,19,20). The fourth-order valence-corrected chi connectivity index (χ4v) is 3.38. The first-order valence-electron chi connectivity index (χ1n) is 7.09. The fraction of sp³-hybridized carbons (Fsp3) is 0.125. The molecule has 2 aromatic heterocycles. The van der Waals surface area contributed by atoms with E-state index < -0.39 is 0 Å². The summed E-state index contributed by atoms with van der Waals surface area (Å²) in [5.41, 5.74) is 0.707. The van der Waals surface area contributed by atoms with Crippen LogP contribution in [-0.4, -0.2) is 33.4 Å². The van der Waals surface area contributed by atoms with Crippen LogP contribution in [0.2, 0.25) is 0 Å². The number of hydrogen-bond acceptors (Lipinski definition) is 6. The van der Waals surface area contributed by atoms with Gasteiger partial charge < -0.3 is 0 Å². The van der Waals surface area contributed by atoms with Crippen LogP contribution in [0.5, 0.6) is 0 Å². The third kappa shape index (κ3) is 3.82. The summed E-state index contributed by atoms with van der Waals surface area (Å²) < 4.78 is 0. The molecule has 24 heavy (non-hydrogen) atoms. The summed E-state index contributed by atoms with van der Waals surface area (Å²) in [6, 6.07) is 15.1. The van der Waals surface area contributed by atoms with Crippen LogP contribution in [0.15, 0.2) is 53.0 Å². The number of carbonyl (C=O) groups is 1. The zero-order valence-corrected chi connectivity index (χ0v) is 14.2. The molecule has 0 radical (unpaired) electrons. The van der Waals surface area contributed by atoms with Gasteiger partial charge in [0.05, 0.1) is 16.7 Å². The molecule has 0 saturated heterocycles. The topological polar surface area (TPSA) is 85.7 Å². The van der Waals surface area contributed by atoms with E-state index in [1.54, 1.807) is 11.3 Å². The minimum absolute atomic E-state index is 0.0118. The summed E-state index contributed by atoms with van der Waals surface area (Å²) >= 11 is 2.81. The molecule has 6 nitrogen and oxygen atoms in total. The molecule has 0 atom stereocenters. The first kappa shape index (κ1) is 16.2. The number of benzene rings is 1. The lowest BCUT2D eigenvalue weighted by atomic mass is 10.3. The maximum atomic E-state index is 12.4. The maximum absolute atomic E-state index is 12.4. The molecule has 120 valence electrons. The number of aromatic nitrogens is 3. The van der Waals surface area contributed by atoms with Gasteiger partial charge in [-0.2, -0.15) is 5.26 Å². The van der Waals surface area contributed by atoms with E-state index in [0.717, 1.165) is 4.88 Å². The van der Waals surface area contributed by atoms with Crippen LogP contribution >= 0.6 is 23.1 Å². The van der Waals surface area contributed by atoms with E-state index >= 15 is 0 Å². The summed E-state index contributed by atoms with van der Waals surface area (Å²) in [5, 5.41) is 18.4. The third-order valence-electron chi connectivity index (χ3n) is 3.14.